The molecule has 0 aliphatic carbocycles. The van der Waals surface area contributed by atoms with Gasteiger partial charge >= 0.3 is 5.97 Å². The Labute approximate surface area is 159 Å². The molecule has 1 unspecified atom stereocenters. The van der Waals surface area contributed by atoms with E-state index in [1.807, 2.05) is 51.4 Å². The van der Waals surface area contributed by atoms with Gasteiger partial charge in [-0.2, -0.15) is 5.10 Å². The van der Waals surface area contributed by atoms with Crippen LogP contribution in [0.3, 0.4) is 0 Å². The quantitative estimate of drug-likeness (QED) is 0.756. The molecular formula is C20H26N4O3. The number of hydrogen-bond acceptors (Lipinski definition) is 6. The van der Waals surface area contributed by atoms with Crippen molar-refractivity contribution in [3.05, 3.63) is 53.4 Å². The van der Waals surface area contributed by atoms with Gasteiger partial charge in [0.1, 0.15) is 24.2 Å². The van der Waals surface area contributed by atoms with Crippen molar-refractivity contribution in [2.75, 3.05) is 39.2 Å². The molecule has 0 amide bonds. The van der Waals surface area contributed by atoms with Crippen molar-refractivity contribution in [3.63, 3.8) is 0 Å². The van der Waals surface area contributed by atoms with Gasteiger partial charge in [-0.1, -0.05) is 18.2 Å². The van der Waals surface area contributed by atoms with E-state index in [9.17, 15) is 4.79 Å². The number of aromatic nitrogens is 2. The summed E-state index contributed by atoms with van der Waals surface area (Å²) in [7, 11) is 4.01. The summed E-state index contributed by atoms with van der Waals surface area (Å²) in [5.41, 5.74) is 2.18. The van der Waals surface area contributed by atoms with E-state index in [4.69, 9.17) is 9.47 Å². The lowest BCUT2D eigenvalue weighted by atomic mass is 9.95. The van der Waals surface area contributed by atoms with E-state index < -0.39 is 6.04 Å². The van der Waals surface area contributed by atoms with Gasteiger partial charge in [0.25, 0.3) is 0 Å². The van der Waals surface area contributed by atoms with E-state index in [1.54, 1.807) is 17.8 Å². The van der Waals surface area contributed by atoms with Crippen molar-refractivity contribution < 1.29 is 14.3 Å². The molecule has 1 aliphatic rings. The number of rotatable bonds is 7. The average molecular weight is 370 g/mol. The Bertz CT molecular complexity index is 841. The fraction of sp³-hybridized carbons (Fsp3) is 0.400. The van der Waals surface area contributed by atoms with Gasteiger partial charge in [0.15, 0.2) is 0 Å². The van der Waals surface area contributed by atoms with Gasteiger partial charge in [-0.05, 0) is 34.0 Å². The maximum Gasteiger partial charge on any atom is 0.338 e. The van der Waals surface area contributed by atoms with Crippen LogP contribution in [0.15, 0.2) is 47.8 Å². The molecule has 7 heteroatoms. The second-order valence-corrected chi connectivity index (χ2v) is 6.64. The number of likely N-dealkylation sites (N-methyl/N-ethyl adjacent to an activating group) is 1. The molecule has 2 aromatic rings. The molecule has 1 aromatic heterocycles. The standard InChI is InChI=1S/C20H26N4O3/c1-5-26-20(25)18-14(2)22-17-10-11-21-24(17)19(18)15-8-6-7-9-16(15)27-13-12-23(3)4/h6-11,19,22H,5,12-13H2,1-4H3. The molecule has 1 N–H and O–H groups in total. The number of benzene rings is 1. The number of esters is 1. The summed E-state index contributed by atoms with van der Waals surface area (Å²) in [5, 5.41) is 7.68. The Kier molecular flexibility index (Phi) is 5.81. The maximum atomic E-state index is 12.7. The number of hydrogen-bond donors (Lipinski definition) is 1. The van der Waals surface area contributed by atoms with Crippen LogP contribution in [0.5, 0.6) is 5.75 Å². The number of anilines is 1. The molecule has 0 spiro atoms. The predicted octanol–water partition coefficient (Wildman–Crippen LogP) is 2.68. The van der Waals surface area contributed by atoms with Crippen LogP contribution < -0.4 is 10.1 Å². The first kappa shape index (κ1) is 19.0. The van der Waals surface area contributed by atoms with E-state index in [2.05, 4.69) is 15.3 Å². The van der Waals surface area contributed by atoms with Crippen LogP contribution >= 0.6 is 0 Å². The molecule has 3 rings (SSSR count). The fourth-order valence-corrected chi connectivity index (χ4v) is 3.14. The highest BCUT2D eigenvalue weighted by Crippen LogP contribution is 2.39. The number of ether oxygens (including phenoxy) is 2. The zero-order chi connectivity index (χ0) is 19.4. The minimum atomic E-state index is -0.411. The van der Waals surface area contributed by atoms with Gasteiger partial charge in [0, 0.05) is 23.9 Å². The smallest absolute Gasteiger partial charge is 0.338 e. The predicted molar refractivity (Wildman–Crippen MR) is 104 cm³/mol. The second kappa shape index (κ2) is 8.26. The molecule has 0 saturated heterocycles. The maximum absolute atomic E-state index is 12.7. The molecule has 0 bridgehead atoms. The topological polar surface area (TPSA) is 68.6 Å². The molecule has 0 saturated carbocycles. The first-order valence-electron chi connectivity index (χ1n) is 9.07. The lowest BCUT2D eigenvalue weighted by Gasteiger charge is -2.30. The first-order chi connectivity index (χ1) is 13.0. The molecule has 0 fully saturated rings. The molecule has 0 radical (unpaired) electrons. The van der Waals surface area contributed by atoms with Gasteiger partial charge in [-0.25, -0.2) is 9.48 Å². The van der Waals surface area contributed by atoms with E-state index in [1.165, 1.54) is 0 Å². The van der Waals surface area contributed by atoms with E-state index >= 15 is 0 Å². The van der Waals surface area contributed by atoms with Crippen molar-refractivity contribution in [2.24, 2.45) is 0 Å². The molecule has 1 aliphatic heterocycles. The SMILES string of the molecule is CCOC(=O)C1=C(C)Nc2ccnn2C1c1ccccc1OCCN(C)C. The summed E-state index contributed by atoms with van der Waals surface area (Å²) in [6.45, 7) is 5.35. The Balaban J connectivity index is 2.04. The molecular weight excluding hydrogens is 344 g/mol. The largest absolute Gasteiger partial charge is 0.492 e. The number of carbonyl (C=O) groups excluding carboxylic acids is 1. The Morgan fingerprint density at radius 1 is 1.30 bits per heavy atom. The highest BCUT2D eigenvalue weighted by atomic mass is 16.5. The minimum Gasteiger partial charge on any atom is -0.492 e. The van der Waals surface area contributed by atoms with Crippen LogP contribution in [-0.2, 0) is 9.53 Å². The highest BCUT2D eigenvalue weighted by Gasteiger charge is 2.35. The van der Waals surface area contributed by atoms with Crippen LogP contribution in [0.1, 0.15) is 25.5 Å². The van der Waals surface area contributed by atoms with E-state index in [-0.39, 0.29) is 5.97 Å². The summed E-state index contributed by atoms with van der Waals surface area (Å²) < 4.78 is 13.2. The van der Waals surface area contributed by atoms with Gasteiger partial charge in [0.05, 0.1) is 18.4 Å². The molecule has 1 atom stereocenters. The van der Waals surface area contributed by atoms with Crippen LogP contribution in [0.4, 0.5) is 5.82 Å². The average Bonchev–Trinajstić information content (AvgIpc) is 3.09. The van der Waals surface area contributed by atoms with Crippen molar-refractivity contribution in [1.82, 2.24) is 14.7 Å². The van der Waals surface area contributed by atoms with Crippen molar-refractivity contribution in [1.29, 1.82) is 0 Å². The summed E-state index contributed by atoms with van der Waals surface area (Å²) in [6.07, 6.45) is 1.71. The molecule has 1 aromatic carbocycles. The third-order valence-electron chi connectivity index (χ3n) is 4.41. The van der Waals surface area contributed by atoms with Gasteiger partial charge in [-0.15, -0.1) is 0 Å². The molecule has 7 nitrogen and oxygen atoms in total. The van der Waals surface area contributed by atoms with Crippen molar-refractivity contribution >= 4 is 11.8 Å². The van der Waals surface area contributed by atoms with E-state index in [0.717, 1.165) is 29.4 Å². The zero-order valence-electron chi connectivity index (χ0n) is 16.2. The highest BCUT2D eigenvalue weighted by molar-refractivity contribution is 5.92. The van der Waals surface area contributed by atoms with Crippen molar-refractivity contribution in [3.8, 4) is 5.75 Å². The molecule has 2 heterocycles. The number of nitrogens with one attached hydrogen (secondary N) is 1. The Morgan fingerprint density at radius 3 is 2.81 bits per heavy atom. The summed E-state index contributed by atoms with van der Waals surface area (Å²) in [4.78, 5) is 14.8. The van der Waals surface area contributed by atoms with Crippen LogP contribution in [-0.4, -0.2) is 54.5 Å². The van der Waals surface area contributed by atoms with Gasteiger partial charge in [0.2, 0.25) is 0 Å². The second-order valence-electron chi connectivity index (χ2n) is 6.64. The number of nitrogens with zero attached hydrogens (tertiary/aromatic N) is 3. The van der Waals surface area contributed by atoms with Gasteiger partial charge < -0.3 is 19.7 Å². The Morgan fingerprint density at radius 2 is 2.07 bits per heavy atom. The molecule has 27 heavy (non-hydrogen) atoms. The number of fused-ring (bicyclic) bond motifs is 1. The third kappa shape index (κ3) is 3.98. The lowest BCUT2D eigenvalue weighted by Crippen LogP contribution is -2.30. The normalized spacial score (nSPS) is 16.1. The van der Waals surface area contributed by atoms with Crippen LogP contribution in [0.2, 0.25) is 0 Å². The minimum absolute atomic E-state index is 0.315. The number of carbonyl (C=O) groups is 1. The first-order valence-corrected chi connectivity index (χ1v) is 9.07. The fourth-order valence-electron chi connectivity index (χ4n) is 3.14. The van der Waals surface area contributed by atoms with Gasteiger partial charge in [-0.3, -0.25) is 0 Å². The number of para-hydroxylation sites is 1. The number of allylic oxidation sites excluding steroid dienone is 1. The summed E-state index contributed by atoms with van der Waals surface area (Å²) in [5.74, 6) is 1.22. The molecule has 144 valence electrons. The monoisotopic (exact) mass is 370 g/mol. The zero-order valence-corrected chi connectivity index (χ0v) is 16.2. The Hall–Kier alpha value is -2.80. The lowest BCUT2D eigenvalue weighted by molar-refractivity contribution is -0.139. The van der Waals surface area contributed by atoms with E-state index in [0.29, 0.717) is 18.8 Å². The van der Waals surface area contributed by atoms with Crippen LogP contribution in [0, 0.1) is 0 Å². The van der Waals surface area contributed by atoms with Crippen LogP contribution in [0.25, 0.3) is 0 Å². The summed E-state index contributed by atoms with van der Waals surface area (Å²) >= 11 is 0. The third-order valence-corrected chi connectivity index (χ3v) is 4.41. The van der Waals surface area contributed by atoms with Crippen molar-refractivity contribution in [2.45, 2.75) is 19.9 Å². The summed E-state index contributed by atoms with van der Waals surface area (Å²) in [6, 6.07) is 9.24.